The lowest BCUT2D eigenvalue weighted by Gasteiger charge is -2.30. The number of hydrogen-bond donors (Lipinski definition) is 1. The van der Waals surface area contributed by atoms with Crippen molar-refractivity contribution in [3.05, 3.63) is 12.7 Å². The lowest BCUT2D eigenvalue weighted by atomic mass is 10.3. The number of morpholine rings is 1. The van der Waals surface area contributed by atoms with Gasteiger partial charge in [-0.3, -0.25) is 4.79 Å². The Labute approximate surface area is 71.4 Å². The van der Waals surface area contributed by atoms with Crippen LogP contribution in [0.4, 0.5) is 0 Å². The fourth-order valence-corrected chi connectivity index (χ4v) is 1.12. The van der Waals surface area contributed by atoms with E-state index in [9.17, 15) is 4.79 Å². The lowest BCUT2D eigenvalue weighted by Crippen LogP contribution is -2.47. The number of ether oxygens (including phenoxy) is 1. The number of hydrogen-bond acceptors (Lipinski definition) is 3. The molecule has 0 bridgehead atoms. The third-order valence-corrected chi connectivity index (χ3v) is 1.77. The van der Waals surface area contributed by atoms with Gasteiger partial charge in [0.25, 0.3) is 0 Å². The molecule has 0 saturated carbocycles. The third-order valence-electron chi connectivity index (χ3n) is 1.77. The first-order chi connectivity index (χ1) is 5.77. The second-order valence-electron chi connectivity index (χ2n) is 2.70. The normalized spacial score (nSPS) is 24.2. The molecular formula is C8H13NO3. The molecule has 0 aromatic carbocycles. The summed E-state index contributed by atoms with van der Waals surface area (Å²) in [6, 6.07) is 0. The second kappa shape index (κ2) is 4.23. The number of carbonyl (C=O) groups is 1. The molecule has 1 fully saturated rings. The average molecular weight is 171 g/mol. The largest absolute Gasteiger partial charge is 0.394 e. The number of nitrogens with zero attached hydrogens (tertiary/aromatic N) is 1. The van der Waals surface area contributed by atoms with Crippen LogP contribution in [-0.4, -0.2) is 48.3 Å². The Balaban J connectivity index is 2.46. The highest BCUT2D eigenvalue weighted by atomic mass is 16.5. The highest BCUT2D eigenvalue weighted by Gasteiger charge is 2.24. The summed E-state index contributed by atoms with van der Waals surface area (Å²) in [6.45, 7) is 4.56. The third kappa shape index (κ3) is 2.06. The minimum Gasteiger partial charge on any atom is -0.394 e. The molecule has 1 amide bonds. The molecule has 1 atom stereocenters. The topological polar surface area (TPSA) is 49.8 Å². The maximum atomic E-state index is 11.1. The van der Waals surface area contributed by atoms with Crippen LogP contribution in [0.15, 0.2) is 12.7 Å². The number of rotatable bonds is 3. The standard InChI is InChI=1S/C8H13NO3/c1-2-3-9-4-7(5-10)12-6-8(9)11/h2,7,10H,1,3-6H2. The second-order valence-corrected chi connectivity index (χ2v) is 2.70. The predicted octanol–water partition coefficient (Wildman–Crippen LogP) is -0.608. The molecule has 0 aromatic rings. The van der Waals surface area contributed by atoms with Gasteiger partial charge in [-0.2, -0.15) is 0 Å². The molecule has 1 saturated heterocycles. The van der Waals surface area contributed by atoms with Gasteiger partial charge in [0.15, 0.2) is 0 Å². The Morgan fingerprint density at radius 2 is 2.58 bits per heavy atom. The fraction of sp³-hybridized carbons (Fsp3) is 0.625. The van der Waals surface area contributed by atoms with Crippen molar-refractivity contribution in [3.8, 4) is 0 Å². The average Bonchev–Trinajstić information content (AvgIpc) is 2.09. The van der Waals surface area contributed by atoms with E-state index in [4.69, 9.17) is 9.84 Å². The molecule has 1 aliphatic rings. The zero-order valence-electron chi connectivity index (χ0n) is 6.90. The van der Waals surface area contributed by atoms with E-state index in [0.717, 1.165) is 0 Å². The van der Waals surface area contributed by atoms with Gasteiger partial charge in [-0.15, -0.1) is 6.58 Å². The van der Waals surface area contributed by atoms with Gasteiger partial charge in [-0.1, -0.05) is 6.08 Å². The van der Waals surface area contributed by atoms with Crippen molar-refractivity contribution in [3.63, 3.8) is 0 Å². The Morgan fingerprint density at radius 1 is 1.83 bits per heavy atom. The van der Waals surface area contributed by atoms with Crippen LogP contribution >= 0.6 is 0 Å². The van der Waals surface area contributed by atoms with Gasteiger partial charge in [-0.25, -0.2) is 0 Å². The summed E-state index contributed by atoms with van der Waals surface area (Å²) >= 11 is 0. The predicted molar refractivity (Wildman–Crippen MR) is 43.6 cm³/mol. The Kier molecular flexibility index (Phi) is 3.25. The molecule has 0 spiro atoms. The van der Waals surface area contributed by atoms with Crippen molar-refractivity contribution in [2.45, 2.75) is 6.10 Å². The summed E-state index contributed by atoms with van der Waals surface area (Å²) in [5.74, 6) is -0.0420. The summed E-state index contributed by atoms with van der Waals surface area (Å²) in [7, 11) is 0. The number of carbonyl (C=O) groups excluding carboxylic acids is 1. The SMILES string of the molecule is C=CCN1CC(CO)OCC1=O. The number of amides is 1. The van der Waals surface area contributed by atoms with E-state index in [2.05, 4.69) is 6.58 Å². The quantitative estimate of drug-likeness (QED) is 0.576. The zero-order chi connectivity index (χ0) is 8.97. The van der Waals surface area contributed by atoms with Crippen LogP contribution in [0.2, 0.25) is 0 Å². The molecule has 1 heterocycles. The van der Waals surface area contributed by atoms with Gasteiger partial charge >= 0.3 is 0 Å². The summed E-state index contributed by atoms with van der Waals surface area (Å²) in [4.78, 5) is 12.7. The molecule has 0 aromatic heterocycles. The molecule has 1 unspecified atom stereocenters. The van der Waals surface area contributed by atoms with Crippen LogP contribution in [-0.2, 0) is 9.53 Å². The number of aliphatic hydroxyl groups is 1. The maximum absolute atomic E-state index is 11.1. The monoisotopic (exact) mass is 171 g/mol. The van der Waals surface area contributed by atoms with Crippen LogP contribution in [0.5, 0.6) is 0 Å². The first kappa shape index (κ1) is 9.22. The molecule has 4 nitrogen and oxygen atoms in total. The van der Waals surface area contributed by atoms with E-state index in [0.29, 0.717) is 13.1 Å². The van der Waals surface area contributed by atoms with E-state index in [1.807, 2.05) is 0 Å². The Hall–Kier alpha value is -0.870. The smallest absolute Gasteiger partial charge is 0.248 e. The molecule has 1 N–H and O–H groups in total. The Morgan fingerprint density at radius 3 is 3.17 bits per heavy atom. The lowest BCUT2D eigenvalue weighted by molar-refractivity contribution is -0.150. The van der Waals surface area contributed by atoms with Crippen molar-refractivity contribution >= 4 is 5.91 Å². The minimum absolute atomic E-state index is 0.0408. The fourth-order valence-electron chi connectivity index (χ4n) is 1.12. The van der Waals surface area contributed by atoms with Crippen molar-refractivity contribution in [2.75, 3.05) is 26.3 Å². The highest BCUT2D eigenvalue weighted by molar-refractivity contribution is 5.78. The van der Waals surface area contributed by atoms with Gasteiger partial charge < -0.3 is 14.7 Å². The highest BCUT2D eigenvalue weighted by Crippen LogP contribution is 2.05. The van der Waals surface area contributed by atoms with Gasteiger partial charge in [0, 0.05) is 13.1 Å². The van der Waals surface area contributed by atoms with Gasteiger partial charge in [-0.05, 0) is 0 Å². The van der Waals surface area contributed by atoms with Crippen LogP contribution in [0.25, 0.3) is 0 Å². The first-order valence-corrected chi connectivity index (χ1v) is 3.89. The number of aliphatic hydroxyl groups excluding tert-OH is 1. The summed E-state index contributed by atoms with van der Waals surface area (Å²) in [5, 5.41) is 8.77. The van der Waals surface area contributed by atoms with Crippen LogP contribution in [0.3, 0.4) is 0 Å². The molecule has 1 rings (SSSR count). The molecule has 0 aliphatic carbocycles. The van der Waals surface area contributed by atoms with E-state index >= 15 is 0 Å². The van der Waals surface area contributed by atoms with Gasteiger partial charge in [0.05, 0.1) is 12.7 Å². The zero-order valence-corrected chi connectivity index (χ0v) is 6.90. The van der Waals surface area contributed by atoms with Crippen LogP contribution in [0, 0.1) is 0 Å². The van der Waals surface area contributed by atoms with Crippen molar-refractivity contribution in [1.29, 1.82) is 0 Å². The van der Waals surface area contributed by atoms with Crippen LogP contribution < -0.4 is 0 Å². The molecule has 68 valence electrons. The summed E-state index contributed by atoms with van der Waals surface area (Å²) < 4.78 is 5.04. The van der Waals surface area contributed by atoms with E-state index in [1.54, 1.807) is 11.0 Å². The van der Waals surface area contributed by atoms with Gasteiger partial charge in [0.1, 0.15) is 6.61 Å². The van der Waals surface area contributed by atoms with Crippen molar-refractivity contribution in [2.24, 2.45) is 0 Å². The maximum Gasteiger partial charge on any atom is 0.248 e. The molecule has 0 radical (unpaired) electrons. The van der Waals surface area contributed by atoms with Crippen molar-refractivity contribution < 1.29 is 14.6 Å². The molecule has 1 aliphatic heterocycles. The van der Waals surface area contributed by atoms with E-state index < -0.39 is 0 Å². The minimum atomic E-state index is -0.234. The molecule has 4 heteroatoms. The Bertz CT molecular complexity index is 181. The van der Waals surface area contributed by atoms with Crippen molar-refractivity contribution in [1.82, 2.24) is 4.90 Å². The van der Waals surface area contributed by atoms with E-state index in [-0.39, 0.29) is 25.2 Å². The summed E-state index contributed by atoms with van der Waals surface area (Å²) in [6.07, 6.45) is 1.43. The molecular weight excluding hydrogens is 158 g/mol. The first-order valence-electron chi connectivity index (χ1n) is 3.89. The summed E-state index contributed by atoms with van der Waals surface area (Å²) in [5.41, 5.74) is 0. The van der Waals surface area contributed by atoms with E-state index in [1.165, 1.54) is 0 Å². The van der Waals surface area contributed by atoms with Crippen LogP contribution in [0.1, 0.15) is 0 Å². The molecule has 12 heavy (non-hydrogen) atoms. The van der Waals surface area contributed by atoms with Gasteiger partial charge in [0.2, 0.25) is 5.91 Å².